The molecule has 20 heavy (non-hydrogen) atoms. The highest BCUT2D eigenvalue weighted by Crippen LogP contribution is 2.32. The van der Waals surface area contributed by atoms with Gasteiger partial charge in [-0.1, -0.05) is 6.07 Å². The molecule has 1 amide bonds. The molecule has 1 aromatic rings. The molecule has 0 aromatic heterocycles. The first-order valence-electron chi connectivity index (χ1n) is 5.52. The highest BCUT2D eigenvalue weighted by Gasteiger charge is 2.22. The summed E-state index contributed by atoms with van der Waals surface area (Å²) in [6.07, 6.45) is 0. The van der Waals surface area contributed by atoms with E-state index in [9.17, 15) is 18.4 Å². The predicted octanol–water partition coefficient (Wildman–Crippen LogP) is 1.50. The van der Waals surface area contributed by atoms with Crippen molar-refractivity contribution in [2.75, 3.05) is 7.11 Å². The first-order valence-corrected chi connectivity index (χ1v) is 5.52. The lowest BCUT2D eigenvalue weighted by atomic mass is 10.1. The highest BCUT2D eigenvalue weighted by molar-refractivity contribution is 5.99. The fourth-order valence-corrected chi connectivity index (χ4v) is 1.40. The third kappa shape index (κ3) is 3.81. The van der Waals surface area contributed by atoms with Gasteiger partial charge in [0.05, 0.1) is 12.7 Å². The van der Waals surface area contributed by atoms with Gasteiger partial charge in [0.15, 0.2) is 11.5 Å². The summed E-state index contributed by atoms with van der Waals surface area (Å²) >= 11 is 0. The number of hydrogen-bond acceptors (Lipinski definition) is 4. The zero-order valence-corrected chi connectivity index (χ0v) is 10.7. The smallest absolute Gasteiger partial charge is 0.387 e. The van der Waals surface area contributed by atoms with E-state index < -0.39 is 30.3 Å². The summed E-state index contributed by atoms with van der Waals surface area (Å²) in [5.74, 6) is -2.60. The molecule has 0 spiro atoms. The van der Waals surface area contributed by atoms with Gasteiger partial charge in [0.25, 0.3) is 5.91 Å². The molecule has 6 nitrogen and oxygen atoms in total. The number of carboxylic acid groups (broad SMARTS) is 1. The van der Waals surface area contributed by atoms with E-state index in [2.05, 4.69) is 10.1 Å². The summed E-state index contributed by atoms with van der Waals surface area (Å²) in [5, 5.41) is 10.8. The molecule has 0 aliphatic carbocycles. The number of halogens is 2. The van der Waals surface area contributed by atoms with E-state index in [1.165, 1.54) is 32.2 Å². The van der Waals surface area contributed by atoms with Crippen LogP contribution in [-0.2, 0) is 4.79 Å². The molecule has 1 aromatic carbocycles. The molecule has 0 bridgehead atoms. The van der Waals surface area contributed by atoms with Gasteiger partial charge in [-0.25, -0.2) is 0 Å². The number of amides is 1. The lowest BCUT2D eigenvalue weighted by molar-refractivity contribution is -0.138. The van der Waals surface area contributed by atoms with Gasteiger partial charge >= 0.3 is 12.6 Å². The molecule has 0 radical (unpaired) electrons. The maximum atomic E-state index is 12.4. The Morgan fingerprint density at radius 2 is 2.00 bits per heavy atom. The number of alkyl halides is 2. The second kappa shape index (κ2) is 6.69. The standard InChI is InChI=1S/C12H13F2NO5/c1-6(11(17)18)15-10(16)7-4-3-5-8(19-2)9(7)20-12(13)14/h3-6,12H,1-2H3,(H,15,16)(H,17,18)/t6-/m0/s1. The van der Waals surface area contributed by atoms with E-state index in [0.717, 1.165) is 0 Å². The van der Waals surface area contributed by atoms with Crippen molar-refractivity contribution in [1.82, 2.24) is 5.32 Å². The maximum Gasteiger partial charge on any atom is 0.387 e. The Hall–Kier alpha value is -2.38. The molecule has 0 aliphatic heterocycles. The van der Waals surface area contributed by atoms with Crippen molar-refractivity contribution in [3.63, 3.8) is 0 Å². The molecule has 0 fully saturated rings. The minimum Gasteiger partial charge on any atom is -0.493 e. The third-order valence-corrected chi connectivity index (χ3v) is 2.37. The molecule has 110 valence electrons. The minimum absolute atomic E-state index is 0.0547. The van der Waals surface area contributed by atoms with Crippen LogP contribution in [0, 0.1) is 0 Å². The number of benzene rings is 1. The van der Waals surface area contributed by atoms with Crippen molar-refractivity contribution in [3.05, 3.63) is 23.8 Å². The van der Waals surface area contributed by atoms with Crippen molar-refractivity contribution >= 4 is 11.9 Å². The molecule has 0 unspecified atom stereocenters. The van der Waals surface area contributed by atoms with Crippen LogP contribution in [0.5, 0.6) is 11.5 Å². The molecule has 2 N–H and O–H groups in total. The number of carboxylic acids is 1. The van der Waals surface area contributed by atoms with Crippen molar-refractivity contribution in [2.24, 2.45) is 0 Å². The molecular formula is C12H13F2NO5. The monoisotopic (exact) mass is 289 g/mol. The summed E-state index contributed by atoms with van der Waals surface area (Å²) in [6, 6.07) is 2.80. The second-order valence-corrected chi connectivity index (χ2v) is 3.75. The van der Waals surface area contributed by atoms with Gasteiger partial charge in [-0.3, -0.25) is 9.59 Å². The summed E-state index contributed by atoms with van der Waals surface area (Å²) in [5.41, 5.74) is -0.238. The number of hydrogen-bond donors (Lipinski definition) is 2. The van der Waals surface area contributed by atoms with Crippen LogP contribution in [0.25, 0.3) is 0 Å². The number of ether oxygens (including phenoxy) is 2. The van der Waals surface area contributed by atoms with Crippen molar-refractivity contribution in [3.8, 4) is 11.5 Å². The Kier molecular flexibility index (Phi) is 5.24. The average Bonchev–Trinajstić information content (AvgIpc) is 2.37. The van der Waals surface area contributed by atoms with Crippen LogP contribution in [0.4, 0.5) is 8.78 Å². The Labute approximate surface area is 113 Å². The maximum absolute atomic E-state index is 12.4. The zero-order chi connectivity index (χ0) is 15.3. The van der Waals surface area contributed by atoms with Gasteiger partial charge in [0.2, 0.25) is 0 Å². The number of aliphatic carboxylic acids is 1. The largest absolute Gasteiger partial charge is 0.493 e. The number of methoxy groups -OCH3 is 1. The van der Waals surface area contributed by atoms with Gasteiger partial charge in [-0.15, -0.1) is 0 Å². The fraction of sp³-hybridized carbons (Fsp3) is 0.333. The van der Waals surface area contributed by atoms with E-state index >= 15 is 0 Å². The van der Waals surface area contributed by atoms with Gasteiger partial charge in [0, 0.05) is 0 Å². The van der Waals surface area contributed by atoms with Crippen LogP contribution in [-0.4, -0.2) is 36.7 Å². The Balaban J connectivity index is 3.09. The zero-order valence-electron chi connectivity index (χ0n) is 10.7. The topological polar surface area (TPSA) is 84.9 Å². The summed E-state index contributed by atoms with van der Waals surface area (Å²) in [4.78, 5) is 22.5. The van der Waals surface area contributed by atoms with E-state index in [0.29, 0.717) is 0 Å². The van der Waals surface area contributed by atoms with Crippen LogP contribution in [0.2, 0.25) is 0 Å². The van der Waals surface area contributed by atoms with Crippen molar-refractivity contribution in [2.45, 2.75) is 19.6 Å². The first-order chi connectivity index (χ1) is 9.36. The molecule has 1 atom stereocenters. The Morgan fingerprint density at radius 3 is 2.50 bits per heavy atom. The SMILES string of the molecule is COc1cccc(C(=O)N[C@@H](C)C(=O)O)c1OC(F)F. The van der Waals surface area contributed by atoms with Gasteiger partial charge < -0.3 is 19.9 Å². The average molecular weight is 289 g/mol. The minimum atomic E-state index is -3.14. The molecule has 0 saturated heterocycles. The highest BCUT2D eigenvalue weighted by atomic mass is 19.3. The molecule has 0 saturated carbocycles. The molecule has 0 heterocycles. The van der Waals surface area contributed by atoms with Crippen molar-refractivity contribution in [1.29, 1.82) is 0 Å². The number of carbonyl (C=O) groups excluding carboxylic acids is 1. The van der Waals surface area contributed by atoms with Crippen LogP contribution in [0.3, 0.4) is 0 Å². The number of carbonyl (C=O) groups is 2. The quantitative estimate of drug-likeness (QED) is 0.829. The molecule has 8 heteroatoms. The summed E-state index contributed by atoms with van der Waals surface area (Å²) in [7, 11) is 1.23. The van der Waals surface area contributed by atoms with Gasteiger partial charge in [0.1, 0.15) is 6.04 Å². The first kappa shape index (κ1) is 15.7. The van der Waals surface area contributed by atoms with Gasteiger partial charge in [-0.05, 0) is 19.1 Å². The van der Waals surface area contributed by atoms with Crippen LogP contribution in [0.15, 0.2) is 18.2 Å². The van der Waals surface area contributed by atoms with Crippen LogP contribution in [0.1, 0.15) is 17.3 Å². The molecule has 1 rings (SSSR count). The van der Waals surface area contributed by atoms with Crippen molar-refractivity contribution < 1.29 is 33.0 Å². The summed E-state index contributed by atoms with van der Waals surface area (Å²) < 4.78 is 33.8. The number of nitrogens with one attached hydrogen (secondary N) is 1. The lowest BCUT2D eigenvalue weighted by Gasteiger charge is -2.15. The summed E-state index contributed by atoms with van der Waals surface area (Å²) in [6.45, 7) is -1.90. The van der Waals surface area contributed by atoms with E-state index in [4.69, 9.17) is 9.84 Å². The van der Waals surface area contributed by atoms with E-state index in [1.54, 1.807) is 0 Å². The van der Waals surface area contributed by atoms with Gasteiger partial charge in [-0.2, -0.15) is 8.78 Å². The number of para-hydroxylation sites is 1. The molecular weight excluding hydrogens is 276 g/mol. The third-order valence-electron chi connectivity index (χ3n) is 2.37. The number of rotatable bonds is 6. The Bertz CT molecular complexity index is 507. The predicted molar refractivity (Wildman–Crippen MR) is 64.2 cm³/mol. The van der Waals surface area contributed by atoms with Crippen LogP contribution < -0.4 is 14.8 Å². The van der Waals surface area contributed by atoms with Crippen LogP contribution >= 0.6 is 0 Å². The second-order valence-electron chi connectivity index (χ2n) is 3.75. The van der Waals surface area contributed by atoms with E-state index in [-0.39, 0.29) is 11.3 Å². The Morgan fingerprint density at radius 1 is 1.35 bits per heavy atom. The van der Waals surface area contributed by atoms with E-state index in [1.807, 2.05) is 0 Å². The molecule has 0 aliphatic rings. The normalized spacial score (nSPS) is 11.8. The lowest BCUT2D eigenvalue weighted by Crippen LogP contribution is -2.38. The fourth-order valence-electron chi connectivity index (χ4n) is 1.40.